The molecule has 5 nitrogen and oxygen atoms in total. The third kappa shape index (κ3) is 8.60. The minimum absolute atomic E-state index is 0.188. The maximum Gasteiger partial charge on any atom is 0.422 e. The predicted octanol–water partition coefficient (Wildman–Crippen LogP) is 4.08. The summed E-state index contributed by atoms with van der Waals surface area (Å²) in [7, 11) is 0. The summed E-state index contributed by atoms with van der Waals surface area (Å²) in [6.07, 6.45) is -2.47. The lowest BCUT2D eigenvalue weighted by molar-refractivity contribution is -0.153. The highest BCUT2D eigenvalue weighted by molar-refractivity contribution is 7.09. The van der Waals surface area contributed by atoms with Crippen LogP contribution in [0.25, 0.3) is 0 Å². The second-order valence-electron chi connectivity index (χ2n) is 6.16. The average Bonchev–Trinajstić information content (AvgIpc) is 3.07. The molecule has 0 unspecified atom stereocenters. The van der Waals surface area contributed by atoms with Crippen LogP contribution in [0.15, 0.2) is 34.6 Å². The van der Waals surface area contributed by atoms with E-state index >= 15 is 0 Å². The molecular formula is C19H25F3N4OS. The van der Waals surface area contributed by atoms with E-state index in [0.717, 1.165) is 42.2 Å². The normalized spacial score (nSPS) is 12.1. The predicted molar refractivity (Wildman–Crippen MR) is 106 cm³/mol. The van der Waals surface area contributed by atoms with E-state index in [1.165, 1.54) is 12.1 Å². The van der Waals surface area contributed by atoms with Crippen molar-refractivity contribution in [3.05, 3.63) is 45.9 Å². The second-order valence-corrected chi connectivity index (χ2v) is 7.10. The first-order valence-corrected chi connectivity index (χ1v) is 9.95. The van der Waals surface area contributed by atoms with Crippen LogP contribution in [0.2, 0.25) is 0 Å². The summed E-state index contributed by atoms with van der Waals surface area (Å²) < 4.78 is 41.2. The first-order valence-electron chi connectivity index (χ1n) is 9.07. The van der Waals surface area contributed by atoms with Gasteiger partial charge in [0.2, 0.25) is 0 Å². The number of thiazole rings is 1. The molecule has 0 amide bonds. The third-order valence-corrected chi connectivity index (χ3v) is 4.64. The smallest absolute Gasteiger partial charge is 0.422 e. The van der Waals surface area contributed by atoms with Gasteiger partial charge in [0.05, 0.1) is 11.6 Å². The summed E-state index contributed by atoms with van der Waals surface area (Å²) in [6.45, 7) is 4.61. The van der Waals surface area contributed by atoms with Crippen molar-refractivity contribution >= 4 is 17.3 Å². The molecule has 0 radical (unpaired) electrons. The van der Waals surface area contributed by atoms with E-state index in [2.05, 4.69) is 20.6 Å². The van der Waals surface area contributed by atoms with Crippen molar-refractivity contribution in [2.75, 3.05) is 19.7 Å². The van der Waals surface area contributed by atoms with E-state index in [1.807, 2.05) is 19.2 Å². The molecule has 0 atom stereocenters. The van der Waals surface area contributed by atoms with E-state index in [-0.39, 0.29) is 5.75 Å². The van der Waals surface area contributed by atoms with Gasteiger partial charge in [-0.3, -0.25) is 0 Å². The molecule has 154 valence electrons. The standard InChI is InChI=1S/C19H25F3N4OS/c1-3-23-18(24-10-4-5-17-26-14(2)12-28-17)25-11-15-6-8-16(9-7-15)27-13-19(20,21)22/h6-9,12H,3-5,10-11,13H2,1-2H3,(H2,23,24,25). The van der Waals surface area contributed by atoms with Crippen LogP contribution < -0.4 is 15.4 Å². The van der Waals surface area contributed by atoms with Crippen molar-refractivity contribution in [1.29, 1.82) is 0 Å². The SMILES string of the molecule is CCNC(=NCc1ccc(OCC(F)(F)F)cc1)NCCCc1nc(C)cs1. The number of aromatic nitrogens is 1. The summed E-state index contributed by atoms with van der Waals surface area (Å²) in [4.78, 5) is 8.95. The van der Waals surface area contributed by atoms with Crippen LogP contribution in [-0.4, -0.2) is 36.8 Å². The van der Waals surface area contributed by atoms with Crippen molar-refractivity contribution in [3.8, 4) is 5.75 Å². The Bertz CT molecular complexity index is 744. The van der Waals surface area contributed by atoms with Crippen molar-refractivity contribution in [2.24, 2.45) is 4.99 Å². The Labute approximate surface area is 167 Å². The Morgan fingerprint density at radius 2 is 1.96 bits per heavy atom. The zero-order valence-corrected chi connectivity index (χ0v) is 16.8. The van der Waals surface area contributed by atoms with E-state index in [1.54, 1.807) is 23.5 Å². The van der Waals surface area contributed by atoms with E-state index in [0.29, 0.717) is 12.5 Å². The molecule has 28 heavy (non-hydrogen) atoms. The Hall–Kier alpha value is -2.29. The molecule has 2 aromatic rings. The Balaban J connectivity index is 1.79. The van der Waals surface area contributed by atoms with Gasteiger partial charge in [-0.15, -0.1) is 11.3 Å². The Morgan fingerprint density at radius 3 is 2.57 bits per heavy atom. The van der Waals surface area contributed by atoms with Crippen LogP contribution in [0.3, 0.4) is 0 Å². The van der Waals surface area contributed by atoms with Crippen molar-refractivity contribution in [3.63, 3.8) is 0 Å². The number of ether oxygens (including phenoxy) is 1. The molecule has 1 aromatic heterocycles. The van der Waals surface area contributed by atoms with E-state index < -0.39 is 12.8 Å². The Kier molecular flexibility index (Phi) is 8.56. The maximum absolute atomic E-state index is 12.2. The number of hydrogen-bond donors (Lipinski definition) is 2. The van der Waals surface area contributed by atoms with Gasteiger partial charge in [-0.05, 0) is 38.0 Å². The van der Waals surface area contributed by atoms with Crippen LogP contribution in [0.4, 0.5) is 13.2 Å². The van der Waals surface area contributed by atoms with Crippen LogP contribution in [0, 0.1) is 6.92 Å². The molecule has 0 saturated heterocycles. The number of benzene rings is 1. The number of aliphatic imine (C=N–C) groups is 1. The van der Waals surface area contributed by atoms with Crippen LogP contribution in [0.1, 0.15) is 29.6 Å². The van der Waals surface area contributed by atoms with Crippen LogP contribution in [-0.2, 0) is 13.0 Å². The van der Waals surface area contributed by atoms with Crippen molar-refractivity contribution in [1.82, 2.24) is 15.6 Å². The summed E-state index contributed by atoms with van der Waals surface area (Å²) in [5.74, 6) is 0.891. The fraction of sp³-hybridized carbons (Fsp3) is 0.474. The summed E-state index contributed by atoms with van der Waals surface area (Å²) in [6, 6.07) is 6.47. The number of halogens is 3. The van der Waals surface area contributed by atoms with Gasteiger partial charge in [-0.2, -0.15) is 13.2 Å². The summed E-state index contributed by atoms with van der Waals surface area (Å²) in [5, 5.41) is 9.65. The number of aryl methyl sites for hydroxylation is 2. The second kappa shape index (κ2) is 10.9. The lowest BCUT2D eigenvalue weighted by Crippen LogP contribution is -2.37. The topological polar surface area (TPSA) is 58.5 Å². The molecule has 0 saturated carbocycles. The highest BCUT2D eigenvalue weighted by atomic mass is 32.1. The van der Waals surface area contributed by atoms with Gasteiger partial charge in [0.1, 0.15) is 5.75 Å². The van der Waals surface area contributed by atoms with Crippen molar-refractivity contribution < 1.29 is 17.9 Å². The van der Waals surface area contributed by atoms with Gasteiger partial charge in [0.15, 0.2) is 12.6 Å². The summed E-state index contributed by atoms with van der Waals surface area (Å²) >= 11 is 1.67. The maximum atomic E-state index is 12.2. The van der Waals surface area contributed by atoms with Crippen LogP contribution in [0.5, 0.6) is 5.75 Å². The van der Waals surface area contributed by atoms with Gasteiger partial charge in [-0.25, -0.2) is 9.98 Å². The Morgan fingerprint density at radius 1 is 1.21 bits per heavy atom. The molecule has 0 bridgehead atoms. The van der Waals surface area contributed by atoms with Gasteiger partial charge >= 0.3 is 6.18 Å². The molecule has 0 aliphatic heterocycles. The number of rotatable bonds is 9. The molecule has 1 heterocycles. The van der Waals surface area contributed by atoms with E-state index in [4.69, 9.17) is 4.74 Å². The monoisotopic (exact) mass is 414 g/mol. The highest BCUT2D eigenvalue weighted by Crippen LogP contribution is 2.19. The lowest BCUT2D eigenvalue weighted by atomic mass is 10.2. The number of hydrogen-bond acceptors (Lipinski definition) is 4. The highest BCUT2D eigenvalue weighted by Gasteiger charge is 2.28. The first-order chi connectivity index (χ1) is 13.4. The molecule has 2 rings (SSSR count). The fourth-order valence-corrected chi connectivity index (χ4v) is 3.15. The molecule has 2 N–H and O–H groups in total. The fourth-order valence-electron chi connectivity index (χ4n) is 2.33. The number of nitrogens with one attached hydrogen (secondary N) is 2. The molecule has 0 fully saturated rings. The number of alkyl halides is 3. The number of guanidine groups is 1. The molecule has 0 spiro atoms. The molecule has 9 heteroatoms. The van der Waals surface area contributed by atoms with Crippen molar-refractivity contribution in [2.45, 2.75) is 39.4 Å². The minimum Gasteiger partial charge on any atom is -0.484 e. The number of nitrogens with zero attached hydrogens (tertiary/aromatic N) is 2. The first kappa shape index (κ1) is 22.0. The summed E-state index contributed by atoms with van der Waals surface area (Å²) in [5.41, 5.74) is 1.94. The average molecular weight is 414 g/mol. The molecule has 0 aliphatic rings. The molecular weight excluding hydrogens is 389 g/mol. The van der Waals surface area contributed by atoms with Crippen LogP contribution >= 0.6 is 11.3 Å². The van der Waals surface area contributed by atoms with Gasteiger partial charge in [-0.1, -0.05) is 12.1 Å². The van der Waals surface area contributed by atoms with Gasteiger partial charge in [0, 0.05) is 30.6 Å². The minimum atomic E-state index is -4.34. The molecule has 1 aromatic carbocycles. The lowest BCUT2D eigenvalue weighted by Gasteiger charge is -2.11. The third-order valence-electron chi connectivity index (χ3n) is 3.62. The van der Waals surface area contributed by atoms with E-state index in [9.17, 15) is 13.2 Å². The van der Waals surface area contributed by atoms with Gasteiger partial charge < -0.3 is 15.4 Å². The molecule has 0 aliphatic carbocycles. The quantitative estimate of drug-likeness (QED) is 0.369. The van der Waals surface area contributed by atoms with Gasteiger partial charge in [0.25, 0.3) is 0 Å². The zero-order chi connectivity index (χ0) is 20.4. The largest absolute Gasteiger partial charge is 0.484 e. The zero-order valence-electron chi connectivity index (χ0n) is 16.0.